The highest BCUT2D eigenvalue weighted by Gasteiger charge is 2.46. The van der Waals surface area contributed by atoms with Crippen molar-refractivity contribution in [1.29, 1.82) is 0 Å². The highest BCUT2D eigenvalue weighted by atomic mass is 16.6. The Morgan fingerprint density at radius 1 is 1.27 bits per heavy atom. The quantitative estimate of drug-likeness (QED) is 0.781. The van der Waals surface area contributed by atoms with E-state index >= 15 is 0 Å². The van der Waals surface area contributed by atoms with Crippen LogP contribution in [-0.4, -0.2) is 66.8 Å². The van der Waals surface area contributed by atoms with Crippen LogP contribution in [0.5, 0.6) is 0 Å². The molecule has 144 valence electrons. The normalized spacial score (nSPS) is 20.0. The first-order valence-electron chi connectivity index (χ1n) is 9.69. The van der Waals surface area contributed by atoms with Crippen molar-refractivity contribution in [3.05, 3.63) is 23.9 Å². The second-order valence-corrected chi connectivity index (χ2v) is 8.35. The van der Waals surface area contributed by atoms with Crippen LogP contribution in [0.1, 0.15) is 38.7 Å². The van der Waals surface area contributed by atoms with Gasteiger partial charge in [-0.25, -0.2) is 9.78 Å². The van der Waals surface area contributed by atoms with Gasteiger partial charge in [0.1, 0.15) is 11.4 Å². The maximum atomic E-state index is 12.2. The summed E-state index contributed by atoms with van der Waals surface area (Å²) in [5.74, 6) is 1.58. The Balaban J connectivity index is 1.50. The van der Waals surface area contributed by atoms with Crippen molar-refractivity contribution in [3.63, 3.8) is 0 Å². The lowest BCUT2D eigenvalue weighted by Crippen LogP contribution is -2.46. The number of pyridine rings is 1. The number of carbonyl (C=O) groups is 1. The molecule has 0 unspecified atom stereocenters. The number of aromatic nitrogens is 1. The second-order valence-electron chi connectivity index (χ2n) is 8.35. The molecule has 1 aromatic rings. The van der Waals surface area contributed by atoms with E-state index in [0.29, 0.717) is 5.92 Å². The van der Waals surface area contributed by atoms with Gasteiger partial charge in [0.15, 0.2) is 0 Å². The fraction of sp³-hybridized carbons (Fsp3) is 0.700. The molecule has 0 saturated carbocycles. The molecule has 0 bridgehead atoms. The highest BCUT2D eigenvalue weighted by molar-refractivity contribution is 5.70. The molecule has 0 aliphatic carbocycles. The van der Waals surface area contributed by atoms with Crippen LogP contribution in [0.3, 0.4) is 0 Å². The minimum atomic E-state index is -0.266. The summed E-state index contributed by atoms with van der Waals surface area (Å²) < 4.78 is 5.82. The van der Waals surface area contributed by atoms with E-state index in [1.54, 1.807) is 0 Å². The number of piperidine rings is 1. The number of amides is 1. The Bertz CT molecular complexity index is 607. The molecule has 6 nitrogen and oxygen atoms in total. The summed E-state index contributed by atoms with van der Waals surface area (Å²) in [5.41, 5.74) is 0.964. The van der Waals surface area contributed by atoms with E-state index in [2.05, 4.69) is 35.9 Å². The standard InChI is InChI=1S/C20H32N4O2/c1-16(2)7-10-24-15-20(26-19(24)25)8-11-23(12-9-20)14-17-5-6-18(21-13-17)22(3)4/h5-6,13,16H,7-12,14-15H2,1-4H3. The van der Waals surface area contributed by atoms with Gasteiger partial charge >= 0.3 is 6.09 Å². The number of carbonyl (C=O) groups excluding carboxylic acids is 1. The van der Waals surface area contributed by atoms with Crippen LogP contribution in [0, 0.1) is 5.92 Å². The molecule has 0 aromatic carbocycles. The van der Waals surface area contributed by atoms with Crippen LogP contribution >= 0.6 is 0 Å². The molecule has 3 heterocycles. The average Bonchev–Trinajstić information content (AvgIpc) is 2.91. The van der Waals surface area contributed by atoms with Crippen molar-refractivity contribution in [2.75, 3.05) is 45.2 Å². The zero-order valence-corrected chi connectivity index (χ0v) is 16.6. The Labute approximate surface area is 157 Å². The van der Waals surface area contributed by atoms with E-state index in [9.17, 15) is 4.79 Å². The van der Waals surface area contributed by atoms with E-state index < -0.39 is 0 Å². The summed E-state index contributed by atoms with van der Waals surface area (Å²) in [6, 6.07) is 4.21. The molecule has 1 amide bonds. The van der Waals surface area contributed by atoms with Gasteiger partial charge < -0.3 is 14.5 Å². The molecule has 2 aliphatic heterocycles. The largest absolute Gasteiger partial charge is 0.441 e. The number of anilines is 1. The monoisotopic (exact) mass is 360 g/mol. The van der Waals surface area contributed by atoms with Crippen LogP contribution in [0.4, 0.5) is 10.6 Å². The minimum absolute atomic E-state index is 0.123. The van der Waals surface area contributed by atoms with E-state index in [1.807, 2.05) is 30.1 Å². The van der Waals surface area contributed by atoms with Gasteiger partial charge in [0, 0.05) is 59.3 Å². The molecular formula is C20H32N4O2. The molecular weight excluding hydrogens is 328 g/mol. The lowest BCUT2D eigenvalue weighted by atomic mass is 9.91. The van der Waals surface area contributed by atoms with Crippen LogP contribution in [0.2, 0.25) is 0 Å². The number of hydrogen-bond acceptors (Lipinski definition) is 5. The fourth-order valence-electron chi connectivity index (χ4n) is 3.69. The van der Waals surface area contributed by atoms with Crippen LogP contribution in [0.15, 0.2) is 18.3 Å². The van der Waals surface area contributed by atoms with Crippen LogP contribution in [-0.2, 0) is 11.3 Å². The smallest absolute Gasteiger partial charge is 0.410 e. The number of rotatable bonds is 6. The summed E-state index contributed by atoms with van der Waals surface area (Å²) in [6.45, 7) is 8.77. The Hall–Kier alpha value is -1.82. The Kier molecular flexibility index (Phi) is 5.70. The number of ether oxygens (including phenoxy) is 1. The van der Waals surface area contributed by atoms with Gasteiger partial charge in [-0.3, -0.25) is 4.90 Å². The first-order chi connectivity index (χ1) is 12.4. The van der Waals surface area contributed by atoms with Gasteiger partial charge in [0.25, 0.3) is 0 Å². The summed E-state index contributed by atoms with van der Waals surface area (Å²) in [6.07, 6.45) is 4.71. The highest BCUT2D eigenvalue weighted by Crippen LogP contribution is 2.34. The molecule has 2 saturated heterocycles. The SMILES string of the molecule is CC(C)CCN1CC2(CCN(Cc3ccc(N(C)C)nc3)CC2)OC1=O. The zero-order chi connectivity index (χ0) is 18.7. The van der Waals surface area contributed by atoms with Crippen molar-refractivity contribution in [2.24, 2.45) is 5.92 Å². The van der Waals surface area contributed by atoms with Gasteiger partial charge in [-0.15, -0.1) is 0 Å². The van der Waals surface area contributed by atoms with E-state index in [4.69, 9.17) is 4.74 Å². The fourth-order valence-corrected chi connectivity index (χ4v) is 3.69. The summed E-state index contributed by atoms with van der Waals surface area (Å²) in [7, 11) is 4.00. The van der Waals surface area contributed by atoms with Crippen LogP contribution < -0.4 is 4.90 Å². The van der Waals surface area contributed by atoms with Gasteiger partial charge in [0.2, 0.25) is 0 Å². The third-order valence-corrected chi connectivity index (χ3v) is 5.46. The van der Waals surface area contributed by atoms with Crippen LogP contribution in [0.25, 0.3) is 0 Å². The third kappa shape index (κ3) is 4.47. The van der Waals surface area contributed by atoms with Gasteiger partial charge in [-0.2, -0.15) is 0 Å². The molecule has 0 N–H and O–H groups in total. The molecule has 6 heteroatoms. The summed E-state index contributed by atoms with van der Waals surface area (Å²) in [4.78, 5) is 23.0. The topological polar surface area (TPSA) is 48.9 Å². The van der Waals surface area contributed by atoms with Gasteiger partial charge in [-0.05, 0) is 24.0 Å². The summed E-state index contributed by atoms with van der Waals surface area (Å²) >= 11 is 0. The van der Waals surface area contributed by atoms with Crippen molar-refractivity contribution < 1.29 is 9.53 Å². The Morgan fingerprint density at radius 3 is 2.58 bits per heavy atom. The third-order valence-electron chi connectivity index (χ3n) is 5.46. The average molecular weight is 361 g/mol. The van der Waals surface area contributed by atoms with E-state index in [-0.39, 0.29) is 11.7 Å². The van der Waals surface area contributed by atoms with Crippen molar-refractivity contribution >= 4 is 11.9 Å². The van der Waals surface area contributed by atoms with E-state index in [0.717, 1.165) is 57.8 Å². The molecule has 2 fully saturated rings. The first kappa shape index (κ1) is 19.0. The predicted molar refractivity (Wildman–Crippen MR) is 103 cm³/mol. The zero-order valence-electron chi connectivity index (χ0n) is 16.6. The molecule has 0 atom stereocenters. The maximum Gasteiger partial charge on any atom is 0.410 e. The molecule has 2 aliphatic rings. The molecule has 0 radical (unpaired) electrons. The van der Waals surface area contributed by atoms with Crippen molar-refractivity contribution in [1.82, 2.24) is 14.8 Å². The number of nitrogens with zero attached hydrogens (tertiary/aromatic N) is 4. The second kappa shape index (κ2) is 7.82. The lowest BCUT2D eigenvalue weighted by Gasteiger charge is -2.37. The molecule has 3 rings (SSSR count). The number of hydrogen-bond donors (Lipinski definition) is 0. The Morgan fingerprint density at radius 2 is 2.00 bits per heavy atom. The first-order valence-corrected chi connectivity index (χ1v) is 9.69. The minimum Gasteiger partial charge on any atom is -0.441 e. The molecule has 1 spiro atoms. The number of likely N-dealkylation sites (tertiary alicyclic amines) is 1. The van der Waals surface area contributed by atoms with Gasteiger partial charge in [-0.1, -0.05) is 19.9 Å². The predicted octanol–water partition coefficient (Wildman–Crippen LogP) is 2.98. The van der Waals surface area contributed by atoms with Gasteiger partial charge in [0.05, 0.1) is 6.54 Å². The lowest BCUT2D eigenvalue weighted by molar-refractivity contribution is -0.00126. The molecule has 1 aromatic heterocycles. The molecule has 26 heavy (non-hydrogen) atoms. The van der Waals surface area contributed by atoms with E-state index in [1.165, 1.54) is 5.56 Å². The maximum absolute atomic E-state index is 12.2. The van der Waals surface area contributed by atoms with Crippen molar-refractivity contribution in [3.8, 4) is 0 Å². The van der Waals surface area contributed by atoms with Crippen molar-refractivity contribution in [2.45, 2.75) is 45.3 Å². The summed E-state index contributed by atoms with van der Waals surface area (Å²) in [5, 5.41) is 0.